The quantitative estimate of drug-likeness (QED) is 0.542. The lowest BCUT2D eigenvalue weighted by Gasteiger charge is -2.10. The van der Waals surface area contributed by atoms with Crippen molar-refractivity contribution < 1.29 is 24.2 Å². The summed E-state index contributed by atoms with van der Waals surface area (Å²) in [6.07, 6.45) is 1.52. The molecule has 23 heavy (non-hydrogen) atoms. The summed E-state index contributed by atoms with van der Waals surface area (Å²) in [6.45, 7) is 1.42. The van der Waals surface area contributed by atoms with Gasteiger partial charge in [-0.25, -0.2) is 0 Å². The van der Waals surface area contributed by atoms with Crippen molar-refractivity contribution >= 4 is 66.8 Å². The number of thioether (sulfide) groups is 1. The molecule has 122 valence electrons. The van der Waals surface area contributed by atoms with Crippen molar-refractivity contribution in [2.24, 2.45) is 0 Å². The summed E-state index contributed by atoms with van der Waals surface area (Å²) in [6, 6.07) is 3.22. The fourth-order valence-corrected chi connectivity index (χ4v) is 3.85. The first-order chi connectivity index (χ1) is 10.8. The summed E-state index contributed by atoms with van der Waals surface area (Å²) in [5.41, 5.74) is 0.614. The van der Waals surface area contributed by atoms with E-state index in [1.165, 1.54) is 6.08 Å². The Balaban J connectivity index is 2.23. The van der Waals surface area contributed by atoms with E-state index in [1.54, 1.807) is 19.1 Å². The van der Waals surface area contributed by atoms with E-state index >= 15 is 0 Å². The Morgan fingerprint density at radius 2 is 1.96 bits per heavy atom. The summed E-state index contributed by atoms with van der Waals surface area (Å²) in [5, 5.41) is 9.16. The normalized spacial score (nSPS) is 16.3. The van der Waals surface area contributed by atoms with Crippen molar-refractivity contribution in [3.8, 4) is 5.75 Å². The van der Waals surface area contributed by atoms with Crippen LogP contribution in [0.5, 0.6) is 5.75 Å². The minimum absolute atomic E-state index is 0.0394. The second-order valence-corrected chi connectivity index (χ2v) is 7.11. The molecule has 1 aromatic carbocycles. The molecule has 1 aromatic rings. The number of ether oxygens (including phenoxy) is 1. The zero-order valence-corrected chi connectivity index (χ0v) is 15.8. The fraction of sp³-hybridized carbons (Fsp3) is 0.214. The predicted octanol–water partition coefficient (Wildman–Crippen LogP) is 3.52. The van der Waals surface area contributed by atoms with Gasteiger partial charge in [0.05, 0.1) is 20.5 Å². The van der Waals surface area contributed by atoms with Gasteiger partial charge in [-0.1, -0.05) is 0 Å². The molecule has 0 aromatic heterocycles. The summed E-state index contributed by atoms with van der Waals surface area (Å²) >= 11 is 7.14. The van der Waals surface area contributed by atoms with E-state index in [4.69, 9.17) is 4.74 Å². The van der Waals surface area contributed by atoms with E-state index in [1.807, 2.05) is 0 Å². The molecule has 0 radical (unpaired) electrons. The maximum Gasteiger partial charge on any atom is 0.326 e. The Hall–Kier alpha value is -1.32. The van der Waals surface area contributed by atoms with Gasteiger partial charge in [0.15, 0.2) is 0 Å². The molecule has 0 bridgehead atoms. The van der Waals surface area contributed by atoms with E-state index < -0.39 is 23.7 Å². The zero-order chi connectivity index (χ0) is 17.1. The number of halogens is 2. The molecular weight excluding hydrogens is 454 g/mol. The Labute approximate surface area is 153 Å². The molecule has 1 fully saturated rings. The van der Waals surface area contributed by atoms with Gasteiger partial charge in [-0.2, -0.15) is 0 Å². The van der Waals surface area contributed by atoms with Gasteiger partial charge >= 0.3 is 5.97 Å². The van der Waals surface area contributed by atoms with Gasteiger partial charge in [0.2, 0.25) is 0 Å². The van der Waals surface area contributed by atoms with Gasteiger partial charge in [-0.15, -0.1) is 0 Å². The lowest BCUT2D eigenvalue weighted by Crippen LogP contribution is -2.34. The van der Waals surface area contributed by atoms with Gasteiger partial charge in [0, 0.05) is 0 Å². The number of carbonyl (C=O) groups is 3. The maximum atomic E-state index is 12.2. The molecule has 0 atom stereocenters. The lowest BCUT2D eigenvalue weighted by molar-refractivity contribution is -0.145. The van der Waals surface area contributed by atoms with E-state index in [0.29, 0.717) is 14.5 Å². The number of carbonyl (C=O) groups excluding carboxylic acids is 3. The Bertz CT molecular complexity index is 696. The number of imide groups is 1. The SMILES string of the molecule is CCOC(=O)CN1C(=O)S/C(=C\c2cc(Br)c(O)c(Br)c2)C1=O. The molecule has 2 amide bonds. The molecule has 0 aliphatic carbocycles. The Morgan fingerprint density at radius 3 is 2.52 bits per heavy atom. The first-order valence-corrected chi connectivity index (χ1v) is 8.82. The van der Waals surface area contributed by atoms with Gasteiger partial charge in [0.1, 0.15) is 12.3 Å². The fourth-order valence-electron chi connectivity index (χ4n) is 1.79. The van der Waals surface area contributed by atoms with Crippen LogP contribution in [0.1, 0.15) is 12.5 Å². The number of nitrogens with zero attached hydrogens (tertiary/aromatic N) is 1. The molecule has 0 spiro atoms. The van der Waals surface area contributed by atoms with Crippen LogP contribution in [0, 0.1) is 0 Å². The van der Waals surface area contributed by atoms with Crippen LogP contribution in [0.3, 0.4) is 0 Å². The van der Waals surface area contributed by atoms with Crippen LogP contribution in [0.4, 0.5) is 4.79 Å². The highest BCUT2D eigenvalue weighted by Crippen LogP contribution is 2.36. The minimum atomic E-state index is -0.633. The van der Waals surface area contributed by atoms with Crippen LogP contribution in [0.15, 0.2) is 26.0 Å². The highest BCUT2D eigenvalue weighted by Gasteiger charge is 2.36. The van der Waals surface area contributed by atoms with E-state index in [9.17, 15) is 19.5 Å². The van der Waals surface area contributed by atoms with Crippen molar-refractivity contribution in [3.05, 3.63) is 31.5 Å². The predicted molar refractivity (Wildman–Crippen MR) is 92.8 cm³/mol. The van der Waals surface area contributed by atoms with Gasteiger partial charge < -0.3 is 9.84 Å². The smallest absolute Gasteiger partial charge is 0.326 e. The number of phenols is 1. The number of phenolic OH excluding ortho intramolecular Hbond substituents is 1. The van der Waals surface area contributed by atoms with Crippen molar-refractivity contribution in [1.29, 1.82) is 0 Å². The van der Waals surface area contributed by atoms with Crippen molar-refractivity contribution in [1.82, 2.24) is 4.90 Å². The molecular formula is C14H11Br2NO5S. The van der Waals surface area contributed by atoms with E-state index in [-0.39, 0.29) is 17.3 Å². The standard InChI is InChI=1S/C14H11Br2NO5S/c1-2-22-11(18)6-17-13(20)10(23-14(17)21)5-7-3-8(15)12(19)9(16)4-7/h3-5,19H,2,6H2,1H3/b10-5-. The van der Waals surface area contributed by atoms with Crippen LogP contribution in [-0.4, -0.2) is 40.3 Å². The molecule has 0 unspecified atom stereocenters. The lowest BCUT2D eigenvalue weighted by atomic mass is 10.2. The number of aromatic hydroxyl groups is 1. The molecule has 2 rings (SSSR count). The van der Waals surface area contributed by atoms with Crippen molar-refractivity contribution in [3.63, 3.8) is 0 Å². The maximum absolute atomic E-state index is 12.2. The number of amides is 2. The van der Waals surface area contributed by atoms with E-state index in [0.717, 1.165) is 16.7 Å². The van der Waals surface area contributed by atoms with E-state index in [2.05, 4.69) is 31.9 Å². The second-order valence-electron chi connectivity index (χ2n) is 4.41. The minimum Gasteiger partial charge on any atom is -0.506 e. The molecule has 6 nitrogen and oxygen atoms in total. The number of hydrogen-bond acceptors (Lipinski definition) is 6. The molecule has 9 heteroatoms. The first-order valence-electron chi connectivity index (χ1n) is 6.42. The Morgan fingerprint density at radius 1 is 1.35 bits per heavy atom. The monoisotopic (exact) mass is 463 g/mol. The van der Waals surface area contributed by atoms with Gasteiger partial charge in [-0.3, -0.25) is 19.3 Å². The summed E-state index contributed by atoms with van der Waals surface area (Å²) < 4.78 is 5.64. The Kier molecular flexibility index (Phi) is 5.88. The molecule has 1 heterocycles. The average molecular weight is 465 g/mol. The van der Waals surface area contributed by atoms with Crippen LogP contribution in [0.2, 0.25) is 0 Å². The third-order valence-electron chi connectivity index (χ3n) is 2.80. The summed E-state index contributed by atoms with van der Waals surface area (Å²) in [5.74, 6) is -1.14. The van der Waals surface area contributed by atoms with Gasteiger partial charge in [0.25, 0.3) is 11.1 Å². The van der Waals surface area contributed by atoms with Crippen LogP contribution < -0.4 is 0 Å². The molecule has 1 aliphatic rings. The number of hydrogen-bond donors (Lipinski definition) is 1. The number of benzene rings is 1. The highest BCUT2D eigenvalue weighted by molar-refractivity contribution is 9.11. The third kappa shape index (κ3) is 4.15. The second kappa shape index (κ2) is 7.50. The largest absolute Gasteiger partial charge is 0.506 e. The molecule has 1 saturated heterocycles. The van der Waals surface area contributed by atoms with Crippen LogP contribution in [-0.2, 0) is 14.3 Å². The van der Waals surface area contributed by atoms with Crippen LogP contribution >= 0.6 is 43.6 Å². The summed E-state index contributed by atoms with van der Waals surface area (Å²) in [7, 11) is 0. The molecule has 1 N–H and O–H groups in total. The highest BCUT2D eigenvalue weighted by atomic mass is 79.9. The van der Waals surface area contributed by atoms with Crippen LogP contribution in [0.25, 0.3) is 6.08 Å². The zero-order valence-electron chi connectivity index (χ0n) is 11.8. The first kappa shape index (κ1) is 18.0. The van der Waals surface area contributed by atoms with Crippen molar-refractivity contribution in [2.45, 2.75) is 6.92 Å². The van der Waals surface area contributed by atoms with Crippen molar-refractivity contribution in [2.75, 3.05) is 13.2 Å². The number of esters is 1. The topological polar surface area (TPSA) is 83.9 Å². The van der Waals surface area contributed by atoms with Gasteiger partial charge in [-0.05, 0) is 74.3 Å². The molecule has 0 saturated carbocycles. The average Bonchev–Trinajstić information content (AvgIpc) is 2.72. The summed E-state index contributed by atoms with van der Waals surface area (Å²) in [4.78, 5) is 36.6. The third-order valence-corrected chi connectivity index (χ3v) is 4.92. The molecule has 1 aliphatic heterocycles. The number of rotatable bonds is 4.